The number of hydrogen-bond acceptors (Lipinski definition) is 2. The Bertz CT molecular complexity index is 394. The molecule has 0 radical (unpaired) electrons. The molecule has 1 aromatic rings. The van der Waals surface area contributed by atoms with Crippen molar-refractivity contribution in [3.63, 3.8) is 0 Å². The van der Waals surface area contributed by atoms with Crippen LogP contribution >= 0.6 is 11.6 Å². The summed E-state index contributed by atoms with van der Waals surface area (Å²) in [7, 11) is 0. The van der Waals surface area contributed by atoms with Gasteiger partial charge in [-0.1, -0.05) is 11.6 Å². The highest BCUT2D eigenvalue weighted by Crippen LogP contribution is 2.16. The normalized spacial score (nSPS) is 24.8. The van der Waals surface area contributed by atoms with E-state index < -0.39 is 0 Å². The van der Waals surface area contributed by atoms with Gasteiger partial charge in [-0.3, -0.25) is 5.41 Å². The van der Waals surface area contributed by atoms with Crippen LogP contribution in [0.1, 0.15) is 19.4 Å². The molecule has 3 nitrogen and oxygen atoms in total. The molecular weight excluding hydrogens is 236 g/mol. The highest BCUT2D eigenvalue weighted by atomic mass is 35.5. The maximum absolute atomic E-state index is 8.20. The third-order valence-electron chi connectivity index (χ3n) is 2.85. The van der Waals surface area contributed by atoms with Crippen LogP contribution in [-0.4, -0.2) is 36.0 Å². The molecule has 1 aliphatic rings. The van der Waals surface area contributed by atoms with Gasteiger partial charge in [-0.15, -0.1) is 0 Å². The van der Waals surface area contributed by atoms with Crippen molar-refractivity contribution in [1.82, 2.24) is 4.90 Å². The van der Waals surface area contributed by atoms with Crippen LogP contribution in [-0.2, 0) is 4.74 Å². The van der Waals surface area contributed by atoms with Gasteiger partial charge in [0.1, 0.15) is 5.84 Å². The third kappa shape index (κ3) is 2.99. The zero-order chi connectivity index (χ0) is 12.4. The largest absolute Gasteiger partial charge is 0.372 e. The number of morpholine rings is 1. The molecule has 17 heavy (non-hydrogen) atoms. The van der Waals surface area contributed by atoms with Crippen LogP contribution in [0.2, 0.25) is 5.02 Å². The number of nitrogens with zero attached hydrogens (tertiary/aromatic N) is 1. The monoisotopic (exact) mass is 252 g/mol. The van der Waals surface area contributed by atoms with Gasteiger partial charge in [-0.2, -0.15) is 0 Å². The molecule has 0 unspecified atom stereocenters. The Kier molecular flexibility index (Phi) is 3.69. The minimum atomic E-state index is 0.173. The number of ether oxygens (including phenoxy) is 1. The standard InChI is InChI=1S/C13H17ClN2O/c1-9-7-16(8-10(2)17-9)13(15)11-3-5-12(14)6-4-11/h3-6,9-10,15H,7-8H2,1-2H3/t9-,10-/m0/s1. The summed E-state index contributed by atoms with van der Waals surface area (Å²) in [6, 6.07) is 7.41. The number of amidine groups is 1. The average Bonchev–Trinajstić information content (AvgIpc) is 2.28. The number of benzene rings is 1. The Balaban J connectivity index is 2.11. The van der Waals surface area contributed by atoms with E-state index in [9.17, 15) is 0 Å². The molecule has 0 bridgehead atoms. The van der Waals surface area contributed by atoms with Gasteiger partial charge in [0.15, 0.2) is 0 Å². The second-order valence-electron chi connectivity index (χ2n) is 4.52. The second kappa shape index (κ2) is 5.07. The summed E-state index contributed by atoms with van der Waals surface area (Å²) in [6.07, 6.45) is 0.345. The van der Waals surface area contributed by atoms with Gasteiger partial charge in [0.05, 0.1) is 12.2 Å². The summed E-state index contributed by atoms with van der Waals surface area (Å²) in [5, 5.41) is 8.90. The van der Waals surface area contributed by atoms with E-state index in [4.69, 9.17) is 21.7 Å². The van der Waals surface area contributed by atoms with Gasteiger partial charge < -0.3 is 9.64 Å². The van der Waals surface area contributed by atoms with E-state index in [0.717, 1.165) is 18.7 Å². The highest BCUT2D eigenvalue weighted by Gasteiger charge is 2.24. The topological polar surface area (TPSA) is 36.3 Å². The van der Waals surface area contributed by atoms with Gasteiger partial charge >= 0.3 is 0 Å². The smallest absolute Gasteiger partial charge is 0.128 e. The molecule has 0 aromatic heterocycles. The lowest BCUT2D eigenvalue weighted by Gasteiger charge is -2.36. The molecule has 2 rings (SSSR count). The summed E-state index contributed by atoms with van der Waals surface area (Å²) < 4.78 is 5.66. The Hall–Kier alpha value is -1.06. The molecule has 1 heterocycles. The number of nitrogens with one attached hydrogen (secondary N) is 1. The Morgan fingerprint density at radius 3 is 2.29 bits per heavy atom. The van der Waals surface area contributed by atoms with E-state index in [2.05, 4.69) is 4.90 Å². The first kappa shape index (κ1) is 12.4. The SMILES string of the molecule is C[C@H]1CN(C(=N)c2ccc(Cl)cc2)C[C@H](C)O1. The van der Waals surface area contributed by atoms with Gasteiger partial charge in [0.2, 0.25) is 0 Å². The summed E-state index contributed by atoms with van der Waals surface area (Å²) in [4.78, 5) is 2.06. The lowest BCUT2D eigenvalue weighted by Crippen LogP contribution is -2.48. The zero-order valence-corrected chi connectivity index (χ0v) is 10.9. The summed E-state index contributed by atoms with van der Waals surface area (Å²) >= 11 is 5.84. The minimum absolute atomic E-state index is 0.173. The van der Waals surface area contributed by atoms with Crippen molar-refractivity contribution in [2.24, 2.45) is 0 Å². The first-order chi connectivity index (χ1) is 8.06. The molecule has 1 fully saturated rings. The molecule has 0 aliphatic carbocycles. The summed E-state index contributed by atoms with van der Waals surface area (Å²) in [5.74, 6) is 0.545. The predicted molar refractivity (Wildman–Crippen MR) is 69.9 cm³/mol. The number of halogens is 1. The second-order valence-corrected chi connectivity index (χ2v) is 4.95. The predicted octanol–water partition coefficient (Wildman–Crippen LogP) is 2.77. The van der Waals surface area contributed by atoms with Crippen LogP contribution in [0.3, 0.4) is 0 Å². The van der Waals surface area contributed by atoms with Crippen LogP contribution in [0, 0.1) is 5.41 Å². The van der Waals surface area contributed by atoms with E-state index >= 15 is 0 Å². The number of rotatable bonds is 1. The zero-order valence-electron chi connectivity index (χ0n) is 10.1. The van der Waals surface area contributed by atoms with Crippen molar-refractivity contribution >= 4 is 17.4 Å². The lowest BCUT2D eigenvalue weighted by molar-refractivity contribution is -0.0480. The van der Waals surface area contributed by atoms with Gasteiger partial charge in [-0.25, -0.2) is 0 Å². The van der Waals surface area contributed by atoms with Crippen molar-refractivity contribution in [2.75, 3.05) is 13.1 Å². The van der Waals surface area contributed by atoms with E-state index in [1.54, 1.807) is 0 Å². The van der Waals surface area contributed by atoms with Crippen molar-refractivity contribution in [2.45, 2.75) is 26.1 Å². The number of hydrogen-bond donors (Lipinski definition) is 1. The molecular formula is C13H17ClN2O. The molecule has 0 spiro atoms. The molecule has 2 atom stereocenters. The molecule has 92 valence electrons. The van der Waals surface area contributed by atoms with Gasteiger partial charge in [0.25, 0.3) is 0 Å². The molecule has 1 saturated heterocycles. The summed E-state index contributed by atoms with van der Waals surface area (Å²) in [5.41, 5.74) is 0.899. The molecule has 0 amide bonds. The maximum atomic E-state index is 8.20. The highest BCUT2D eigenvalue weighted by molar-refractivity contribution is 6.30. The van der Waals surface area contributed by atoms with Gasteiger partial charge in [-0.05, 0) is 38.1 Å². The maximum Gasteiger partial charge on any atom is 0.128 e. The fourth-order valence-corrected chi connectivity index (χ4v) is 2.28. The van der Waals surface area contributed by atoms with Crippen molar-refractivity contribution in [3.05, 3.63) is 34.9 Å². The van der Waals surface area contributed by atoms with Crippen molar-refractivity contribution in [3.8, 4) is 0 Å². The first-order valence-corrected chi connectivity index (χ1v) is 6.19. The van der Waals surface area contributed by atoms with Crippen LogP contribution in [0.15, 0.2) is 24.3 Å². The van der Waals surface area contributed by atoms with Crippen LogP contribution < -0.4 is 0 Å². The van der Waals surface area contributed by atoms with Gasteiger partial charge in [0, 0.05) is 23.7 Å². The first-order valence-electron chi connectivity index (χ1n) is 5.81. The Morgan fingerprint density at radius 1 is 1.24 bits per heavy atom. The fraction of sp³-hybridized carbons (Fsp3) is 0.462. The average molecular weight is 253 g/mol. The molecule has 0 saturated carbocycles. The van der Waals surface area contributed by atoms with E-state index in [-0.39, 0.29) is 12.2 Å². The van der Waals surface area contributed by atoms with Crippen LogP contribution in [0.4, 0.5) is 0 Å². The minimum Gasteiger partial charge on any atom is -0.372 e. The molecule has 4 heteroatoms. The van der Waals surface area contributed by atoms with Crippen molar-refractivity contribution < 1.29 is 4.74 Å². The van der Waals surface area contributed by atoms with Crippen LogP contribution in [0.5, 0.6) is 0 Å². The van der Waals surface area contributed by atoms with Crippen molar-refractivity contribution in [1.29, 1.82) is 5.41 Å². The summed E-state index contributed by atoms with van der Waals surface area (Å²) in [6.45, 7) is 5.62. The third-order valence-corrected chi connectivity index (χ3v) is 3.11. The Morgan fingerprint density at radius 2 is 1.76 bits per heavy atom. The van der Waals surface area contributed by atoms with E-state index in [1.165, 1.54) is 0 Å². The van der Waals surface area contributed by atoms with E-state index in [1.807, 2.05) is 38.1 Å². The van der Waals surface area contributed by atoms with Crippen LogP contribution in [0.25, 0.3) is 0 Å². The quantitative estimate of drug-likeness (QED) is 0.616. The molecule has 1 N–H and O–H groups in total. The lowest BCUT2D eigenvalue weighted by atomic mass is 10.1. The molecule has 1 aliphatic heterocycles. The van der Waals surface area contributed by atoms with E-state index in [0.29, 0.717) is 10.9 Å². The molecule has 1 aromatic carbocycles. The Labute approximate surface area is 107 Å². The fourth-order valence-electron chi connectivity index (χ4n) is 2.15.